The van der Waals surface area contributed by atoms with Gasteiger partial charge in [0.15, 0.2) is 0 Å². The second-order valence-electron chi connectivity index (χ2n) is 19.5. The second kappa shape index (κ2) is 12.6. The summed E-state index contributed by atoms with van der Waals surface area (Å²) in [6, 6.07) is 74.3. The zero-order valence-corrected chi connectivity index (χ0v) is 36.5. The minimum absolute atomic E-state index is 0.0732. The minimum Gasteiger partial charge on any atom is -0.0619 e. The maximum absolute atomic E-state index is 2.52. The summed E-state index contributed by atoms with van der Waals surface area (Å²) >= 11 is 0. The zero-order valence-electron chi connectivity index (χ0n) is 36.5. The van der Waals surface area contributed by atoms with Crippen LogP contribution in [0, 0.1) is 0 Å². The van der Waals surface area contributed by atoms with Crippen molar-refractivity contribution >= 4 is 64.6 Å². The van der Waals surface area contributed by atoms with E-state index in [0.29, 0.717) is 0 Å². The predicted molar refractivity (Wildman–Crippen MR) is 274 cm³/mol. The molecule has 0 fully saturated rings. The van der Waals surface area contributed by atoms with Gasteiger partial charge in [0.05, 0.1) is 0 Å². The fraction of sp³-hybridized carbons (Fsp3) is 0.0938. The van der Waals surface area contributed by atoms with Crippen LogP contribution in [0.2, 0.25) is 0 Å². The molecule has 0 nitrogen and oxygen atoms in total. The van der Waals surface area contributed by atoms with Gasteiger partial charge in [-0.1, -0.05) is 198 Å². The van der Waals surface area contributed by atoms with Gasteiger partial charge >= 0.3 is 0 Å². The van der Waals surface area contributed by atoms with Crippen LogP contribution in [0.15, 0.2) is 194 Å². The third kappa shape index (κ3) is 4.68. The number of hydrogen-bond donors (Lipinski definition) is 0. The first-order valence-electron chi connectivity index (χ1n) is 22.8. The molecule has 12 aromatic rings. The van der Waals surface area contributed by atoms with E-state index >= 15 is 0 Å². The summed E-state index contributed by atoms with van der Waals surface area (Å²) < 4.78 is 0. The molecule has 0 amide bonds. The van der Waals surface area contributed by atoms with Gasteiger partial charge in [-0.05, 0) is 167 Å². The smallest absolute Gasteiger partial charge is 0.0159 e. The number of rotatable bonds is 3. The molecule has 0 aromatic heterocycles. The van der Waals surface area contributed by atoms with E-state index in [1.165, 1.54) is 143 Å². The lowest BCUT2D eigenvalue weighted by molar-refractivity contribution is 0.660. The van der Waals surface area contributed by atoms with Crippen molar-refractivity contribution in [2.45, 2.75) is 38.5 Å². The molecule has 14 rings (SSSR count). The fourth-order valence-electron chi connectivity index (χ4n) is 12.5. The number of hydrogen-bond acceptors (Lipinski definition) is 0. The first-order valence-corrected chi connectivity index (χ1v) is 22.8. The molecule has 12 aromatic carbocycles. The first-order chi connectivity index (χ1) is 31.3. The molecule has 0 bridgehead atoms. The molecule has 0 heterocycles. The van der Waals surface area contributed by atoms with Crippen LogP contribution < -0.4 is 0 Å². The van der Waals surface area contributed by atoms with Crippen molar-refractivity contribution < 1.29 is 0 Å². The Balaban J connectivity index is 1.07. The van der Waals surface area contributed by atoms with Crippen molar-refractivity contribution in [1.29, 1.82) is 0 Å². The number of benzene rings is 12. The fourth-order valence-corrected chi connectivity index (χ4v) is 12.5. The standard InChI is InChI=1S/C64H44/c1-63(2)56-19-11-9-16-45(56)47-28-25-39(34-58(47)63)42-27-23-38-24-30-51-53(40-26-29-48-46-17-10-12-20-57(46)64(3,4)59(48)35-40)36-55(52-32-31-50(42)61(38)62(51)52)54-33-41-22-21-37-13-5-6-14-43(37)60(41)49-18-8-7-15-44(49)54/h5-36H,1-4H3. The van der Waals surface area contributed by atoms with Gasteiger partial charge in [0, 0.05) is 10.8 Å². The van der Waals surface area contributed by atoms with Crippen molar-refractivity contribution in [3.8, 4) is 55.6 Å². The van der Waals surface area contributed by atoms with Gasteiger partial charge in [-0.15, -0.1) is 0 Å². The highest BCUT2D eigenvalue weighted by atomic mass is 14.4. The Bertz CT molecular complexity index is 4000. The lowest BCUT2D eigenvalue weighted by Crippen LogP contribution is -2.14. The minimum atomic E-state index is -0.105. The monoisotopic (exact) mass is 812 g/mol. The second-order valence-corrected chi connectivity index (χ2v) is 19.5. The Morgan fingerprint density at radius 3 is 1.41 bits per heavy atom. The van der Waals surface area contributed by atoms with Crippen LogP contribution in [0.5, 0.6) is 0 Å². The maximum atomic E-state index is 2.52. The van der Waals surface area contributed by atoms with Crippen molar-refractivity contribution in [3.63, 3.8) is 0 Å². The SMILES string of the molecule is CC1(C)c2ccccc2-c2ccc(-c3ccc4ccc5c(-c6ccc7c(c6)C(C)(C)c6ccccc6-7)cc(-c6cc7ccc8ccccc8c7c7ccccc67)c6ccc3c4c56)cc21. The lowest BCUT2D eigenvalue weighted by Gasteiger charge is -2.24. The van der Waals surface area contributed by atoms with Gasteiger partial charge in [-0.3, -0.25) is 0 Å². The summed E-state index contributed by atoms with van der Waals surface area (Å²) in [4.78, 5) is 0. The molecule has 0 radical (unpaired) electrons. The third-order valence-corrected chi connectivity index (χ3v) is 15.6. The van der Waals surface area contributed by atoms with E-state index in [9.17, 15) is 0 Å². The van der Waals surface area contributed by atoms with Crippen LogP contribution >= 0.6 is 0 Å². The van der Waals surface area contributed by atoms with E-state index in [1.807, 2.05) is 0 Å². The Hall–Kier alpha value is -7.54. The van der Waals surface area contributed by atoms with Gasteiger partial charge in [-0.25, -0.2) is 0 Å². The average Bonchev–Trinajstić information content (AvgIpc) is 3.71. The molecule has 0 saturated heterocycles. The van der Waals surface area contributed by atoms with Crippen LogP contribution in [0.3, 0.4) is 0 Å². The largest absolute Gasteiger partial charge is 0.0619 e. The Morgan fingerprint density at radius 2 is 0.703 bits per heavy atom. The van der Waals surface area contributed by atoms with Gasteiger partial charge in [-0.2, -0.15) is 0 Å². The molecule has 0 atom stereocenters. The number of fused-ring (bicyclic) bond motifs is 11. The lowest BCUT2D eigenvalue weighted by atomic mass is 9.79. The Labute approximate surface area is 373 Å². The van der Waals surface area contributed by atoms with E-state index in [0.717, 1.165) is 0 Å². The highest BCUT2D eigenvalue weighted by Crippen LogP contribution is 2.54. The predicted octanol–water partition coefficient (Wildman–Crippen LogP) is 17.7. The summed E-state index contributed by atoms with van der Waals surface area (Å²) in [7, 11) is 0. The van der Waals surface area contributed by atoms with E-state index < -0.39 is 0 Å². The molecular formula is C64H44. The quantitative estimate of drug-likeness (QED) is 0.156. The topological polar surface area (TPSA) is 0 Å². The normalized spacial score (nSPS) is 14.5. The molecule has 2 aliphatic carbocycles. The summed E-state index contributed by atoms with van der Waals surface area (Å²) in [5, 5.41) is 15.6. The van der Waals surface area contributed by atoms with Crippen LogP contribution in [-0.2, 0) is 10.8 Å². The summed E-state index contributed by atoms with van der Waals surface area (Å²) in [5.74, 6) is 0. The summed E-state index contributed by atoms with van der Waals surface area (Å²) in [6.45, 7) is 9.54. The van der Waals surface area contributed by atoms with Crippen LogP contribution in [0.1, 0.15) is 49.9 Å². The highest BCUT2D eigenvalue weighted by Gasteiger charge is 2.37. The van der Waals surface area contributed by atoms with E-state index in [-0.39, 0.29) is 10.8 Å². The van der Waals surface area contributed by atoms with Gasteiger partial charge in [0.25, 0.3) is 0 Å². The molecular weight excluding hydrogens is 769 g/mol. The van der Waals surface area contributed by atoms with Crippen molar-refractivity contribution in [1.82, 2.24) is 0 Å². The van der Waals surface area contributed by atoms with Crippen LogP contribution in [0.25, 0.3) is 120 Å². The van der Waals surface area contributed by atoms with Crippen molar-refractivity contribution in [2.75, 3.05) is 0 Å². The average molecular weight is 813 g/mol. The van der Waals surface area contributed by atoms with Crippen LogP contribution in [-0.4, -0.2) is 0 Å². The molecule has 0 heteroatoms. The van der Waals surface area contributed by atoms with Crippen molar-refractivity contribution in [2.24, 2.45) is 0 Å². The first kappa shape index (κ1) is 36.0. The molecule has 64 heavy (non-hydrogen) atoms. The Kier molecular flexibility index (Phi) is 7.06. The summed E-state index contributed by atoms with van der Waals surface area (Å²) in [5.41, 5.74) is 18.5. The van der Waals surface area contributed by atoms with Gasteiger partial charge < -0.3 is 0 Å². The van der Waals surface area contributed by atoms with Crippen LogP contribution in [0.4, 0.5) is 0 Å². The van der Waals surface area contributed by atoms with E-state index in [2.05, 4.69) is 222 Å². The zero-order chi connectivity index (χ0) is 42.6. The van der Waals surface area contributed by atoms with Crippen molar-refractivity contribution in [3.05, 3.63) is 216 Å². The molecule has 300 valence electrons. The third-order valence-electron chi connectivity index (χ3n) is 15.6. The molecule has 2 aliphatic rings. The maximum Gasteiger partial charge on any atom is 0.0159 e. The molecule has 0 unspecified atom stereocenters. The van der Waals surface area contributed by atoms with Gasteiger partial charge in [0.1, 0.15) is 0 Å². The van der Waals surface area contributed by atoms with E-state index in [4.69, 9.17) is 0 Å². The Morgan fingerprint density at radius 1 is 0.234 bits per heavy atom. The summed E-state index contributed by atoms with van der Waals surface area (Å²) in [6.07, 6.45) is 0. The molecule has 0 aliphatic heterocycles. The van der Waals surface area contributed by atoms with E-state index in [1.54, 1.807) is 0 Å². The molecule has 0 spiro atoms. The highest BCUT2D eigenvalue weighted by molar-refractivity contribution is 6.32. The van der Waals surface area contributed by atoms with Gasteiger partial charge in [0.2, 0.25) is 0 Å². The molecule has 0 saturated carbocycles. The molecule has 0 N–H and O–H groups in total.